The number of aromatic amines is 1. The molecule has 0 fully saturated rings. The molecule has 7 heteroatoms. The molecule has 0 saturated heterocycles. The molecule has 3 rings (SSSR count). The number of nitrogens with one attached hydrogen (secondary N) is 3. The van der Waals surface area contributed by atoms with Gasteiger partial charge in [0.25, 0.3) is 0 Å². The van der Waals surface area contributed by atoms with Crippen LogP contribution in [0.2, 0.25) is 0 Å². The van der Waals surface area contributed by atoms with Gasteiger partial charge in [-0.05, 0) is 48.6 Å². The third-order valence-corrected chi connectivity index (χ3v) is 4.79. The third kappa shape index (κ3) is 5.83. The zero-order valence-corrected chi connectivity index (χ0v) is 17.6. The van der Waals surface area contributed by atoms with Crippen molar-refractivity contribution in [3.63, 3.8) is 0 Å². The number of amides is 2. The maximum atomic E-state index is 12.8. The molecule has 0 aliphatic heterocycles. The molecule has 0 aliphatic carbocycles. The number of benzene rings is 2. The van der Waals surface area contributed by atoms with Crippen molar-refractivity contribution in [1.82, 2.24) is 15.3 Å². The van der Waals surface area contributed by atoms with E-state index >= 15 is 0 Å². The summed E-state index contributed by atoms with van der Waals surface area (Å²) in [7, 11) is 1.62. The van der Waals surface area contributed by atoms with Crippen LogP contribution in [0.3, 0.4) is 0 Å². The summed E-state index contributed by atoms with van der Waals surface area (Å²) in [6, 6.07) is 14.5. The lowest BCUT2D eigenvalue weighted by Gasteiger charge is -2.19. The molecule has 1 aromatic heterocycles. The summed E-state index contributed by atoms with van der Waals surface area (Å²) in [4.78, 5) is 32.7. The van der Waals surface area contributed by atoms with Crippen molar-refractivity contribution in [2.75, 3.05) is 12.4 Å². The second-order valence-electron chi connectivity index (χ2n) is 7.69. The average molecular weight is 409 g/mol. The zero-order chi connectivity index (χ0) is 21.5. The Bertz CT molecular complexity index is 962. The van der Waals surface area contributed by atoms with Gasteiger partial charge in [-0.3, -0.25) is 14.9 Å². The molecule has 0 spiro atoms. The van der Waals surface area contributed by atoms with E-state index in [1.165, 1.54) is 0 Å². The number of para-hydroxylation sites is 2. The number of methoxy groups -OCH3 is 1. The van der Waals surface area contributed by atoms with Crippen molar-refractivity contribution in [1.29, 1.82) is 0 Å². The number of carbonyl (C=O) groups is 2. The van der Waals surface area contributed by atoms with Gasteiger partial charge in [-0.1, -0.05) is 38.1 Å². The number of hydrogen-bond acceptors (Lipinski definition) is 4. The lowest BCUT2D eigenvalue weighted by Crippen LogP contribution is -2.44. The van der Waals surface area contributed by atoms with Gasteiger partial charge >= 0.3 is 0 Å². The molecule has 158 valence electrons. The largest absolute Gasteiger partial charge is 0.497 e. The smallest absolute Gasteiger partial charge is 0.249 e. The highest BCUT2D eigenvalue weighted by molar-refractivity contribution is 5.97. The molecular weight excluding hydrogens is 380 g/mol. The van der Waals surface area contributed by atoms with E-state index in [-0.39, 0.29) is 17.7 Å². The molecule has 3 aromatic rings. The van der Waals surface area contributed by atoms with E-state index in [1.54, 1.807) is 7.11 Å². The minimum absolute atomic E-state index is 0.156. The first-order valence-electron chi connectivity index (χ1n) is 10.1. The maximum absolute atomic E-state index is 12.8. The summed E-state index contributed by atoms with van der Waals surface area (Å²) in [5.74, 6) is 0.972. The van der Waals surface area contributed by atoms with Crippen LogP contribution >= 0.6 is 0 Å². The minimum atomic E-state index is -0.624. The van der Waals surface area contributed by atoms with Gasteiger partial charge in [-0.2, -0.15) is 0 Å². The molecule has 0 aliphatic rings. The van der Waals surface area contributed by atoms with Crippen molar-refractivity contribution < 1.29 is 14.3 Å². The first-order chi connectivity index (χ1) is 14.4. The van der Waals surface area contributed by atoms with Gasteiger partial charge in [0.05, 0.1) is 18.1 Å². The lowest BCUT2D eigenvalue weighted by atomic mass is 10.0. The number of aryl methyl sites for hydroxylation is 1. The lowest BCUT2D eigenvalue weighted by molar-refractivity contribution is -0.126. The Labute approximate surface area is 176 Å². The van der Waals surface area contributed by atoms with Crippen LogP contribution < -0.4 is 15.4 Å². The topological polar surface area (TPSA) is 96.1 Å². The number of imidazole rings is 1. The standard InChI is InChI=1S/C23H28N4O3/c1-15(2)14-20(22(29)27-23-25-18-6-4-5-7-19(18)26-23)24-21(28)13-10-16-8-11-17(30-3)12-9-16/h4-9,11-12,15,20H,10,13-14H2,1-3H3,(H,24,28)(H2,25,26,27,29)/t20-/m1/s1. The quantitative estimate of drug-likeness (QED) is 0.503. The normalized spacial score (nSPS) is 12.0. The Morgan fingerprint density at radius 1 is 1.10 bits per heavy atom. The van der Waals surface area contributed by atoms with Crippen LogP contribution in [-0.4, -0.2) is 34.9 Å². The van der Waals surface area contributed by atoms with Crippen molar-refractivity contribution in [3.8, 4) is 5.75 Å². The summed E-state index contributed by atoms with van der Waals surface area (Å²) < 4.78 is 5.15. The van der Waals surface area contributed by atoms with Gasteiger partial charge in [0.1, 0.15) is 11.8 Å². The van der Waals surface area contributed by atoms with Crippen LogP contribution in [0.4, 0.5) is 5.95 Å². The van der Waals surface area contributed by atoms with E-state index in [2.05, 4.69) is 20.6 Å². The fourth-order valence-corrected chi connectivity index (χ4v) is 3.24. The predicted octanol–water partition coefficient (Wildman–Crippen LogP) is 3.67. The zero-order valence-electron chi connectivity index (χ0n) is 17.6. The van der Waals surface area contributed by atoms with Crippen molar-refractivity contribution in [2.24, 2.45) is 5.92 Å². The second kappa shape index (κ2) is 9.91. The van der Waals surface area contributed by atoms with E-state index in [1.807, 2.05) is 62.4 Å². The number of hydrogen-bond donors (Lipinski definition) is 3. The van der Waals surface area contributed by atoms with Crippen LogP contribution in [0.5, 0.6) is 5.75 Å². The number of H-pyrrole nitrogens is 1. The Morgan fingerprint density at radius 2 is 1.83 bits per heavy atom. The highest BCUT2D eigenvalue weighted by Crippen LogP contribution is 2.15. The van der Waals surface area contributed by atoms with Crippen molar-refractivity contribution in [3.05, 3.63) is 54.1 Å². The predicted molar refractivity (Wildman–Crippen MR) is 117 cm³/mol. The van der Waals surface area contributed by atoms with E-state index in [0.29, 0.717) is 25.2 Å². The summed E-state index contributed by atoms with van der Waals surface area (Å²) in [5, 5.41) is 5.67. The fraction of sp³-hybridized carbons (Fsp3) is 0.348. The van der Waals surface area contributed by atoms with Crippen molar-refractivity contribution >= 4 is 28.8 Å². The van der Waals surface area contributed by atoms with Crippen LogP contribution in [-0.2, 0) is 16.0 Å². The summed E-state index contributed by atoms with van der Waals surface area (Å²) >= 11 is 0. The Kier molecular flexibility index (Phi) is 7.06. The Morgan fingerprint density at radius 3 is 2.50 bits per heavy atom. The number of aromatic nitrogens is 2. The second-order valence-corrected chi connectivity index (χ2v) is 7.69. The number of fused-ring (bicyclic) bond motifs is 1. The molecule has 0 unspecified atom stereocenters. The molecule has 30 heavy (non-hydrogen) atoms. The molecule has 0 radical (unpaired) electrons. The van der Waals surface area contributed by atoms with Gasteiger partial charge < -0.3 is 15.0 Å². The molecule has 1 atom stereocenters. The number of ether oxygens (including phenoxy) is 1. The van der Waals surface area contributed by atoms with Gasteiger partial charge in [0, 0.05) is 6.42 Å². The summed E-state index contributed by atoms with van der Waals surface area (Å²) in [6.45, 7) is 4.04. The third-order valence-electron chi connectivity index (χ3n) is 4.79. The first-order valence-corrected chi connectivity index (χ1v) is 10.1. The van der Waals surface area contributed by atoms with Gasteiger partial charge in [0.2, 0.25) is 17.8 Å². The molecular formula is C23H28N4O3. The van der Waals surface area contributed by atoms with E-state index in [4.69, 9.17) is 4.74 Å². The van der Waals surface area contributed by atoms with Gasteiger partial charge in [-0.25, -0.2) is 4.98 Å². The number of anilines is 1. The van der Waals surface area contributed by atoms with Crippen LogP contribution in [0.1, 0.15) is 32.3 Å². The van der Waals surface area contributed by atoms with E-state index < -0.39 is 6.04 Å². The molecule has 0 bridgehead atoms. The summed E-state index contributed by atoms with van der Waals surface area (Å²) in [6.07, 6.45) is 1.44. The molecule has 2 amide bonds. The highest BCUT2D eigenvalue weighted by atomic mass is 16.5. The molecule has 0 saturated carbocycles. The van der Waals surface area contributed by atoms with Crippen LogP contribution in [0.15, 0.2) is 48.5 Å². The van der Waals surface area contributed by atoms with Crippen molar-refractivity contribution in [2.45, 2.75) is 39.2 Å². The molecule has 7 nitrogen and oxygen atoms in total. The summed E-state index contributed by atoms with van der Waals surface area (Å²) in [5.41, 5.74) is 2.66. The average Bonchev–Trinajstić information content (AvgIpc) is 3.14. The van der Waals surface area contributed by atoms with Crippen LogP contribution in [0.25, 0.3) is 11.0 Å². The van der Waals surface area contributed by atoms with E-state index in [9.17, 15) is 9.59 Å². The maximum Gasteiger partial charge on any atom is 0.249 e. The number of rotatable bonds is 9. The first kappa shape index (κ1) is 21.4. The van der Waals surface area contributed by atoms with Gasteiger partial charge in [0.15, 0.2) is 0 Å². The minimum Gasteiger partial charge on any atom is -0.497 e. The van der Waals surface area contributed by atoms with E-state index in [0.717, 1.165) is 22.3 Å². The monoisotopic (exact) mass is 408 g/mol. The fourth-order valence-electron chi connectivity index (χ4n) is 3.24. The molecule has 2 aromatic carbocycles. The van der Waals surface area contributed by atoms with Crippen LogP contribution in [0, 0.1) is 5.92 Å². The molecule has 1 heterocycles. The SMILES string of the molecule is COc1ccc(CCC(=O)N[C@H](CC(C)C)C(=O)Nc2nc3ccccc3[nH]2)cc1. The Balaban J connectivity index is 1.59. The van der Waals surface area contributed by atoms with Gasteiger partial charge in [-0.15, -0.1) is 0 Å². The number of nitrogens with zero attached hydrogens (tertiary/aromatic N) is 1. The molecule has 3 N–H and O–H groups in total. The number of carbonyl (C=O) groups excluding carboxylic acids is 2. The highest BCUT2D eigenvalue weighted by Gasteiger charge is 2.23. The Hall–Kier alpha value is -3.35.